The van der Waals surface area contributed by atoms with Crippen molar-refractivity contribution in [2.24, 2.45) is 5.92 Å². The second-order valence-corrected chi connectivity index (χ2v) is 4.69. The van der Waals surface area contributed by atoms with Gasteiger partial charge in [0, 0.05) is 6.04 Å². The zero-order valence-electron chi connectivity index (χ0n) is 11.0. The summed E-state index contributed by atoms with van der Waals surface area (Å²) in [6, 6.07) is 2.86. The molecule has 0 saturated heterocycles. The molecule has 0 aliphatic rings. The predicted molar refractivity (Wildman–Crippen MR) is 72.5 cm³/mol. The standard InChI is InChI=1S/C12H20N4O2/c1-4-8(2)5-9(3)14-12-7-10(16(17)18)6-11(13)15-12/h6-9H,4-5H2,1-3H3,(H3,13,14,15). The van der Waals surface area contributed by atoms with Gasteiger partial charge in [0.2, 0.25) is 0 Å². The molecule has 1 rings (SSSR count). The molecular weight excluding hydrogens is 232 g/mol. The van der Waals surface area contributed by atoms with E-state index >= 15 is 0 Å². The fourth-order valence-corrected chi connectivity index (χ4v) is 1.80. The van der Waals surface area contributed by atoms with Crippen LogP contribution in [0.25, 0.3) is 0 Å². The summed E-state index contributed by atoms with van der Waals surface area (Å²) in [4.78, 5) is 14.3. The molecule has 0 bridgehead atoms. The Morgan fingerprint density at radius 2 is 2.17 bits per heavy atom. The van der Waals surface area contributed by atoms with Crippen LogP contribution < -0.4 is 11.1 Å². The molecule has 18 heavy (non-hydrogen) atoms. The van der Waals surface area contributed by atoms with Crippen LogP contribution in [-0.4, -0.2) is 15.9 Å². The van der Waals surface area contributed by atoms with Crippen molar-refractivity contribution in [3.8, 4) is 0 Å². The third kappa shape index (κ3) is 4.20. The summed E-state index contributed by atoms with van der Waals surface area (Å²) in [7, 11) is 0. The molecule has 0 aromatic carbocycles. The highest BCUT2D eigenvalue weighted by molar-refractivity contribution is 5.52. The number of aromatic nitrogens is 1. The highest BCUT2D eigenvalue weighted by Crippen LogP contribution is 2.20. The van der Waals surface area contributed by atoms with Crippen LogP contribution >= 0.6 is 0 Å². The van der Waals surface area contributed by atoms with Gasteiger partial charge < -0.3 is 11.1 Å². The minimum Gasteiger partial charge on any atom is -0.383 e. The average molecular weight is 252 g/mol. The fraction of sp³-hybridized carbons (Fsp3) is 0.583. The SMILES string of the molecule is CCC(C)CC(C)Nc1cc([N+](=O)[O-])cc(N)n1. The molecule has 0 saturated carbocycles. The number of nitrogens with one attached hydrogen (secondary N) is 1. The monoisotopic (exact) mass is 252 g/mol. The Morgan fingerprint density at radius 1 is 1.50 bits per heavy atom. The van der Waals surface area contributed by atoms with Crippen LogP contribution in [0.1, 0.15) is 33.6 Å². The first kappa shape index (κ1) is 14.2. The van der Waals surface area contributed by atoms with E-state index < -0.39 is 4.92 Å². The van der Waals surface area contributed by atoms with Gasteiger partial charge in [0.05, 0.1) is 17.1 Å². The second kappa shape index (κ2) is 6.18. The molecule has 100 valence electrons. The number of nitrogens with two attached hydrogens (primary N) is 1. The van der Waals surface area contributed by atoms with Crippen LogP contribution in [0.15, 0.2) is 12.1 Å². The first-order valence-electron chi connectivity index (χ1n) is 6.10. The molecular formula is C12H20N4O2. The minimum atomic E-state index is -0.470. The lowest BCUT2D eigenvalue weighted by molar-refractivity contribution is -0.384. The lowest BCUT2D eigenvalue weighted by atomic mass is 10.0. The van der Waals surface area contributed by atoms with E-state index in [0.29, 0.717) is 11.7 Å². The maximum atomic E-state index is 10.7. The Bertz CT molecular complexity index is 423. The number of nitrogen functional groups attached to an aromatic ring is 1. The van der Waals surface area contributed by atoms with E-state index in [1.165, 1.54) is 12.1 Å². The second-order valence-electron chi connectivity index (χ2n) is 4.69. The van der Waals surface area contributed by atoms with Crippen molar-refractivity contribution in [1.82, 2.24) is 4.98 Å². The number of rotatable bonds is 6. The summed E-state index contributed by atoms with van der Waals surface area (Å²) in [5.74, 6) is 1.21. The van der Waals surface area contributed by atoms with Crippen molar-refractivity contribution < 1.29 is 4.92 Å². The van der Waals surface area contributed by atoms with Crippen molar-refractivity contribution >= 4 is 17.3 Å². The lowest BCUT2D eigenvalue weighted by Gasteiger charge is -2.18. The van der Waals surface area contributed by atoms with E-state index in [0.717, 1.165) is 12.8 Å². The molecule has 2 atom stereocenters. The van der Waals surface area contributed by atoms with E-state index in [2.05, 4.69) is 24.1 Å². The van der Waals surface area contributed by atoms with Gasteiger partial charge in [0.25, 0.3) is 5.69 Å². The van der Waals surface area contributed by atoms with E-state index in [9.17, 15) is 10.1 Å². The third-order valence-corrected chi connectivity index (χ3v) is 2.89. The van der Waals surface area contributed by atoms with Crippen LogP contribution in [-0.2, 0) is 0 Å². The number of nitrogens with zero attached hydrogens (tertiary/aromatic N) is 2. The Labute approximate surface area is 107 Å². The Morgan fingerprint density at radius 3 is 2.72 bits per heavy atom. The summed E-state index contributed by atoms with van der Waals surface area (Å²) in [6.07, 6.45) is 2.09. The van der Waals surface area contributed by atoms with Crippen LogP contribution in [0, 0.1) is 16.0 Å². The van der Waals surface area contributed by atoms with Crippen molar-refractivity contribution in [2.75, 3.05) is 11.1 Å². The quantitative estimate of drug-likeness (QED) is 0.599. The predicted octanol–water partition coefficient (Wildman–Crippen LogP) is 2.81. The molecule has 0 aliphatic carbocycles. The maximum Gasteiger partial charge on any atom is 0.276 e. The molecule has 0 aliphatic heterocycles. The van der Waals surface area contributed by atoms with Gasteiger partial charge in [-0.3, -0.25) is 10.1 Å². The maximum absolute atomic E-state index is 10.7. The number of pyridine rings is 1. The number of hydrogen-bond donors (Lipinski definition) is 2. The van der Waals surface area contributed by atoms with Gasteiger partial charge >= 0.3 is 0 Å². The normalized spacial score (nSPS) is 13.9. The van der Waals surface area contributed by atoms with Gasteiger partial charge in [-0.2, -0.15) is 0 Å². The Kier molecular flexibility index (Phi) is 4.88. The molecule has 6 nitrogen and oxygen atoms in total. The summed E-state index contributed by atoms with van der Waals surface area (Å²) in [6.45, 7) is 6.34. The molecule has 2 unspecified atom stereocenters. The zero-order chi connectivity index (χ0) is 13.7. The summed E-state index contributed by atoms with van der Waals surface area (Å²) in [5.41, 5.74) is 5.50. The van der Waals surface area contributed by atoms with Crippen LogP contribution in [0.3, 0.4) is 0 Å². The van der Waals surface area contributed by atoms with Gasteiger partial charge in [-0.05, 0) is 19.3 Å². The smallest absolute Gasteiger partial charge is 0.276 e. The topological polar surface area (TPSA) is 94.1 Å². The van der Waals surface area contributed by atoms with E-state index in [-0.39, 0.29) is 17.5 Å². The summed E-state index contributed by atoms with van der Waals surface area (Å²) >= 11 is 0. The van der Waals surface area contributed by atoms with Crippen LogP contribution in [0.5, 0.6) is 0 Å². The van der Waals surface area contributed by atoms with Crippen LogP contribution in [0.4, 0.5) is 17.3 Å². The fourth-order valence-electron chi connectivity index (χ4n) is 1.80. The third-order valence-electron chi connectivity index (χ3n) is 2.89. The van der Waals surface area contributed by atoms with Gasteiger partial charge in [0.1, 0.15) is 11.6 Å². The molecule has 0 radical (unpaired) electrons. The molecule has 1 aromatic heterocycles. The molecule has 6 heteroatoms. The summed E-state index contributed by atoms with van der Waals surface area (Å²) < 4.78 is 0. The van der Waals surface area contributed by atoms with Crippen molar-refractivity contribution in [2.45, 2.75) is 39.7 Å². The van der Waals surface area contributed by atoms with Crippen molar-refractivity contribution in [3.63, 3.8) is 0 Å². The molecule has 0 amide bonds. The van der Waals surface area contributed by atoms with E-state index in [1.807, 2.05) is 6.92 Å². The van der Waals surface area contributed by atoms with Gasteiger partial charge in [-0.25, -0.2) is 4.98 Å². The van der Waals surface area contributed by atoms with Crippen LogP contribution in [0.2, 0.25) is 0 Å². The Balaban J connectivity index is 2.75. The van der Waals surface area contributed by atoms with Gasteiger partial charge in [-0.15, -0.1) is 0 Å². The molecule has 0 fully saturated rings. The molecule has 0 spiro atoms. The van der Waals surface area contributed by atoms with E-state index in [4.69, 9.17) is 5.73 Å². The number of hydrogen-bond acceptors (Lipinski definition) is 5. The first-order valence-corrected chi connectivity index (χ1v) is 6.10. The number of nitro groups is 1. The minimum absolute atomic E-state index is 0.0410. The van der Waals surface area contributed by atoms with Crippen molar-refractivity contribution in [3.05, 3.63) is 22.2 Å². The highest BCUT2D eigenvalue weighted by Gasteiger charge is 2.12. The lowest BCUT2D eigenvalue weighted by Crippen LogP contribution is -2.19. The first-order chi connectivity index (χ1) is 8.42. The number of anilines is 2. The molecule has 1 heterocycles. The van der Waals surface area contributed by atoms with Gasteiger partial charge in [-0.1, -0.05) is 20.3 Å². The zero-order valence-corrected chi connectivity index (χ0v) is 11.0. The molecule has 1 aromatic rings. The summed E-state index contributed by atoms with van der Waals surface area (Å²) in [5, 5.41) is 13.9. The van der Waals surface area contributed by atoms with E-state index in [1.54, 1.807) is 0 Å². The molecule has 3 N–H and O–H groups in total. The Hall–Kier alpha value is -1.85. The largest absolute Gasteiger partial charge is 0.383 e. The van der Waals surface area contributed by atoms with Crippen molar-refractivity contribution in [1.29, 1.82) is 0 Å². The average Bonchev–Trinajstić information content (AvgIpc) is 2.27. The highest BCUT2D eigenvalue weighted by atomic mass is 16.6. The van der Waals surface area contributed by atoms with Gasteiger partial charge in [0.15, 0.2) is 0 Å².